The summed E-state index contributed by atoms with van der Waals surface area (Å²) >= 11 is 3.59. The molecule has 0 aromatic heterocycles. The Balaban J connectivity index is 1.65. The molecule has 4 aromatic rings. The molecule has 0 spiro atoms. The van der Waals surface area contributed by atoms with Gasteiger partial charge in [0.05, 0.1) is 14.2 Å². The Morgan fingerprint density at radius 2 is 1.61 bits per heavy atom. The number of nitrogens with zero attached hydrogens (tertiary/aromatic N) is 2. The number of anilines is 2. The Kier molecular flexibility index (Phi) is 6.36. The summed E-state index contributed by atoms with van der Waals surface area (Å²) in [4.78, 5) is 19.0. The first kappa shape index (κ1) is 24.6. The van der Waals surface area contributed by atoms with E-state index in [9.17, 15) is 4.79 Å². The third kappa shape index (κ3) is 3.78. The predicted octanol–water partition coefficient (Wildman–Crippen LogP) is 6.87. The molecule has 0 radical (unpaired) electrons. The SMILES string of the molecule is COC(=O)[C@]1(c2ccccc2)[C@@H]2C[C@H](N(Cc3ccccc3)c3ccc(OC)cc32)N1c1ccc(Br)cc1. The van der Waals surface area contributed by atoms with Crippen LogP contribution in [-0.2, 0) is 21.6 Å². The highest BCUT2D eigenvalue weighted by Gasteiger charge is 2.64. The maximum Gasteiger partial charge on any atom is 0.337 e. The van der Waals surface area contributed by atoms with Gasteiger partial charge in [0, 0.05) is 28.3 Å². The molecular weight excluding hydrogens is 540 g/mol. The number of hydrogen-bond acceptors (Lipinski definition) is 5. The lowest BCUT2D eigenvalue weighted by Gasteiger charge is -2.44. The summed E-state index contributed by atoms with van der Waals surface area (Å²) in [6.45, 7) is 0.705. The van der Waals surface area contributed by atoms with E-state index in [0.717, 1.165) is 39.1 Å². The van der Waals surface area contributed by atoms with Crippen LogP contribution in [0.5, 0.6) is 5.75 Å². The van der Waals surface area contributed by atoms with Gasteiger partial charge in [0.1, 0.15) is 11.9 Å². The van der Waals surface area contributed by atoms with Crippen molar-refractivity contribution in [3.05, 3.63) is 124 Å². The first-order valence-electron chi connectivity index (χ1n) is 12.7. The molecular formula is C32H29BrN2O3. The van der Waals surface area contributed by atoms with Crippen LogP contribution in [-0.4, -0.2) is 26.4 Å². The molecule has 0 amide bonds. The number of methoxy groups -OCH3 is 2. The molecule has 2 aliphatic heterocycles. The number of esters is 1. The van der Waals surface area contributed by atoms with Gasteiger partial charge in [-0.3, -0.25) is 0 Å². The predicted molar refractivity (Wildman–Crippen MR) is 154 cm³/mol. The fourth-order valence-electron chi connectivity index (χ4n) is 6.36. The fraction of sp³-hybridized carbons (Fsp3) is 0.219. The number of carbonyl (C=O) groups excluding carboxylic acids is 1. The van der Waals surface area contributed by atoms with Crippen LogP contribution in [0.25, 0.3) is 0 Å². The minimum atomic E-state index is -1.07. The molecule has 4 aromatic carbocycles. The molecule has 2 bridgehead atoms. The monoisotopic (exact) mass is 568 g/mol. The molecule has 6 rings (SSSR count). The van der Waals surface area contributed by atoms with Crippen LogP contribution in [0.15, 0.2) is 108 Å². The zero-order valence-electron chi connectivity index (χ0n) is 21.4. The molecule has 3 atom stereocenters. The minimum absolute atomic E-state index is 0.0819. The van der Waals surface area contributed by atoms with E-state index in [0.29, 0.717) is 6.54 Å². The number of fused-ring (bicyclic) bond motifs is 5. The molecule has 1 fully saturated rings. The van der Waals surface area contributed by atoms with E-state index < -0.39 is 5.54 Å². The van der Waals surface area contributed by atoms with Gasteiger partial charge in [-0.2, -0.15) is 0 Å². The van der Waals surface area contributed by atoms with Crippen molar-refractivity contribution in [1.29, 1.82) is 0 Å². The average Bonchev–Trinajstić information content (AvgIpc) is 3.29. The Morgan fingerprint density at radius 3 is 2.26 bits per heavy atom. The lowest BCUT2D eigenvalue weighted by molar-refractivity contribution is -0.148. The minimum Gasteiger partial charge on any atom is -0.497 e. The maximum atomic E-state index is 14.2. The van der Waals surface area contributed by atoms with E-state index in [1.807, 2.05) is 54.6 Å². The second-order valence-corrected chi connectivity index (χ2v) is 10.7. The zero-order valence-corrected chi connectivity index (χ0v) is 23.0. The van der Waals surface area contributed by atoms with Gasteiger partial charge in [0.15, 0.2) is 5.54 Å². The normalized spacial score (nSPS) is 21.7. The van der Waals surface area contributed by atoms with E-state index in [4.69, 9.17) is 9.47 Å². The molecule has 5 nitrogen and oxygen atoms in total. The summed E-state index contributed by atoms with van der Waals surface area (Å²) < 4.78 is 12.3. The maximum absolute atomic E-state index is 14.2. The number of rotatable bonds is 6. The molecule has 1 saturated heterocycles. The van der Waals surface area contributed by atoms with Crippen LogP contribution >= 0.6 is 15.9 Å². The lowest BCUT2D eigenvalue weighted by atomic mass is 9.73. The number of hydrogen-bond donors (Lipinski definition) is 0. The number of ether oxygens (including phenoxy) is 2. The molecule has 0 saturated carbocycles. The second kappa shape index (κ2) is 9.84. The van der Waals surface area contributed by atoms with Gasteiger partial charge in [-0.15, -0.1) is 0 Å². The fourth-order valence-corrected chi connectivity index (χ4v) is 6.63. The lowest BCUT2D eigenvalue weighted by Crippen LogP contribution is -2.56. The Bertz CT molecular complexity index is 1450. The van der Waals surface area contributed by atoms with Gasteiger partial charge < -0.3 is 19.3 Å². The van der Waals surface area contributed by atoms with Crippen molar-refractivity contribution in [3.63, 3.8) is 0 Å². The number of carbonyl (C=O) groups is 1. The van der Waals surface area contributed by atoms with Crippen molar-refractivity contribution < 1.29 is 14.3 Å². The summed E-state index contributed by atoms with van der Waals surface area (Å²) in [6, 6.07) is 35.0. The molecule has 2 aliphatic rings. The number of benzene rings is 4. The van der Waals surface area contributed by atoms with E-state index in [1.54, 1.807) is 7.11 Å². The highest BCUT2D eigenvalue weighted by Crippen LogP contribution is 2.60. The van der Waals surface area contributed by atoms with Gasteiger partial charge in [-0.25, -0.2) is 4.79 Å². The van der Waals surface area contributed by atoms with Crippen LogP contribution in [0.3, 0.4) is 0 Å². The third-order valence-electron chi connectivity index (χ3n) is 7.92. The molecule has 192 valence electrons. The largest absolute Gasteiger partial charge is 0.497 e. The van der Waals surface area contributed by atoms with Gasteiger partial charge >= 0.3 is 5.97 Å². The first-order chi connectivity index (χ1) is 18.6. The summed E-state index contributed by atoms with van der Waals surface area (Å²) in [5.41, 5.74) is 4.22. The summed E-state index contributed by atoms with van der Waals surface area (Å²) in [5, 5.41) is 0. The van der Waals surface area contributed by atoms with Gasteiger partial charge in [0.25, 0.3) is 0 Å². The Labute approximate surface area is 231 Å². The van der Waals surface area contributed by atoms with E-state index >= 15 is 0 Å². The quantitative estimate of drug-likeness (QED) is 0.237. The first-order valence-corrected chi connectivity index (χ1v) is 13.5. The van der Waals surface area contributed by atoms with E-state index in [2.05, 4.69) is 74.3 Å². The van der Waals surface area contributed by atoms with Crippen molar-refractivity contribution in [2.24, 2.45) is 0 Å². The summed E-state index contributed by atoms with van der Waals surface area (Å²) in [5.74, 6) is 0.355. The van der Waals surface area contributed by atoms with Crippen LogP contribution in [0.1, 0.15) is 29.0 Å². The zero-order chi connectivity index (χ0) is 26.3. The summed E-state index contributed by atoms with van der Waals surface area (Å²) in [6.07, 6.45) is 0.675. The highest BCUT2D eigenvalue weighted by molar-refractivity contribution is 9.10. The molecule has 0 unspecified atom stereocenters. The number of halogens is 1. The van der Waals surface area contributed by atoms with Crippen molar-refractivity contribution in [3.8, 4) is 5.75 Å². The average molecular weight is 569 g/mol. The van der Waals surface area contributed by atoms with Crippen molar-refractivity contribution in [2.45, 2.75) is 30.6 Å². The topological polar surface area (TPSA) is 42.0 Å². The van der Waals surface area contributed by atoms with E-state index in [-0.39, 0.29) is 18.1 Å². The van der Waals surface area contributed by atoms with Gasteiger partial charge in [-0.1, -0.05) is 76.6 Å². The van der Waals surface area contributed by atoms with Crippen molar-refractivity contribution >= 4 is 33.3 Å². The van der Waals surface area contributed by atoms with Gasteiger partial charge in [-0.05, 0) is 65.6 Å². The van der Waals surface area contributed by atoms with Crippen LogP contribution in [0.4, 0.5) is 11.4 Å². The molecule has 0 N–H and O–H groups in total. The van der Waals surface area contributed by atoms with Crippen molar-refractivity contribution in [2.75, 3.05) is 24.0 Å². The van der Waals surface area contributed by atoms with Crippen LogP contribution in [0.2, 0.25) is 0 Å². The standard InChI is InChI=1S/C32H29BrN2O3/c1-37-26-17-18-29-27(19-26)28-20-30(34(29)21-22-9-5-3-6-10-22)35(25-15-13-24(33)14-16-25)32(28,31(36)38-2)23-11-7-4-8-12-23/h3-19,28,30H,20-21H2,1-2H3/t28-,30-,32+/m1/s1. The molecule has 2 heterocycles. The Hall–Kier alpha value is -3.77. The summed E-state index contributed by atoms with van der Waals surface area (Å²) in [7, 11) is 3.17. The molecule has 38 heavy (non-hydrogen) atoms. The van der Waals surface area contributed by atoms with Gasteiger partial charge in [0.2, 0.25) is 0 Å². The highest BCUT2D eigenvalue weighted by atomic mass is 79.9. The van der Waals surface area contributed by atoms with Crippen LogP contribution in [0, 0.1) is 0 Å². The second-order valence-electron chi connectivity index (χ2n) is 9.78. The van der Waals surface area contributed by atoms with E-state index in [1.165, 1.54) is 12.7 Å². The molecule has 0 aliphatic carbocycles. The third-order valence-corrected chi connectivity index (χ3v) is 8.45. The van der Waals surface area contributed by atoms with Crippen molar-refractivity contribution in [1.82, 2.24) is 0 Å². The smallest absolute Gasteiger partial charge is 0.337 e. The molecule has 6 heteroatoms. The Morgan fingerprint density at radius 1 is 0.921 bits per heavy atom. The van der Waals surface area contributed by atoms with Crippen LogP contribution < -0.4 is 14.5 Å².